The van der Waals surface area contributed by atoms with E-state index in [2.05, 4.69) is 10.6 Å². The van der Waals surface area contributed by atoms with Gasteiger partial charge >= 0.3 is 6.03 Å². The van der Waals surface area contributed by atoms with E-state index in [1.165, 1.54) is 30.5 Å². The summed E-state index contributed by atoms with van der Waals surface area (Å²) < 4.78 is 5.10. The monoisotopic (exact) mass is 291 g/mol. The lowest BCUT2D eigenvalue weighted by Gasteiger charge is -2.14. The van der Waals surface area contributed by atoms with Gasteiger partial charge in [-0.1, -0.05) is 0 Å². The van der Waals surface area contributed by atoms with E-state index < -0.39 is 17.0 Å². The molecular formula is C13H13N3O5. The van der Waals surface area contributed by atoms with Crippen molar-refractivity contribution in [3.8, 4) is 0 Å². The third-order valence-corrected chi connectivity index (χ3v) is 2.71. The van der Waals surface area contributed by atoms with Gasteiger partial charge in [0.05, 0.1) is 17.8 Å². The molecule has 0 saturated carbocycles. The van der Waals surface area contributed by atoms with E-state index in [0.717, 1.165) is 0 Å². The maximum absolute atomic E-state index is 11.8. The smallest absolute Gasteiger partial charge is 0.319 e. The molecule has 1 unspecified atom stereocenters. The highest BCUT2D eigenvalue weighted by molar-refractivity contribution is 5.89. The topological polar surface area (TPSA) is 118 Å². The van der Waals surface area contributed by atoms with Gasteiger partial charge in [-0.2, -0.15) is 0 Å². The van der Waals surface area contributed by atoms with E-state index in [0.29, 0.717) is 11.4 Å². The first kappa shape index (κ1) is 14.5. The summed E-state index contributed by atoms with van der Waals surface area (Å²) in [7, 11) is 0. The van der Waals surface area contributed by atoms with Crippen molar-refractivity contribution in [2.75, 3.05) is 11.9 Å². The van der Waals surface area contributed by atoms with Crippen molar-refractivity contribution in [1.29, 1.82) is 0 Å². The number of rotatable bonds is 5. The van der Waals surface area contributed by atoms with Crippen LogP contribution in [0, 0.1) is 10.1 Å². The first-order valence-electron chi connectivity index (χ1n) is 6.06. The largest absolute Gasteiger partial charge is 0.467 e. The molecule has 0 aliphatic rings. The van der Waals surface area contributed by atoms with Crippen LogP contribution < -0.4 is 10.6 Å². The number of hydrogen-bond acceptors (Lipinski definition) is 5. The molecule has 0 radical (unpaired) electrons. The lowest BCUT2D eigenvalue weighted by atomic mass is 10.2. The summed E-state index contributed by atoms with van der Waals surface area (Å²) >= 11 is 0. The van der Waals surface area contributed by atoms with Crippen LogP contribution in [0.5, 0.6) is 0 Å². The summed E-state index contributed by atoms with van der Waals surface area (Å²) in [6, 6.07) is 7.45. The molecule has 1 aromatic carbocycles. The van der Waals surface area contributed by atoms with Crippen molar-refractivity contribution in [3.63, 3.8) is 0 Å². The molecule has 0 aliphatic carbocycles. The maximum Gasteiger partial charge on any atom is 0.319 e. The van der Waals surface area contributed by atoms with Gasteiger partial charge in [0, 0.05) is 17.8 Å². The second kappa shape index (κ2) is 6.53. The second-order valence-corrected chi connectivity index (χ2v) is 4.15. The van der Waals surface area contributed by atoms with Crippen LogP contribution in [0.2, 0.25) is 0 Å². The van der Waals surface area contributed by atoms with E-state index in [4.69, 9.17) is 4.42 Å². The number of nitro benzene ring substituents is 1. The molecule has 1 aromatic heterocycles. The van der Waals surface area contributed by atoms with E-state index in [9.17, 15) is 20.0 Å². The molecular weight excluding hydrogens is 278 g/mol. The Bertz CT molecular complexity index is 609. The van der Waals surface area contributed by atoms with Gasteiger partial charge in [-0.25, -0.2) is 4.79 Å². The molecule has 2 rings (SSSR count). The molecule has 2 amide bonds. The Morgan fingerprint density at radius 2 is 2.05 bits per heavy atom. The minimum Gasteiger partial charge on any atom is -0.467 e. The highest BCUT2D eigenvalue weighted by Crippen LogP contribution is 2.16. The molecule has 110 valence electrons. The molecule has 2 aromatic rings. The van der Waals surface area contributed by atoms with Crippen molar-refractivity contribution >= 4 is 17.4 Å². The van der Waals surface area contributed by atoms with E-state index >= 15 is 0 Å². The molecule has 3 N–H and O–H groups in total. The van der Waals surface area contributed by atoms with Gasteiger partial charge in [-0.05, 0) is 24.3 Å². The number of nitrogens with one attached hydrogen (secondary N) is 2. The third kappa shape index (κ3) is 3.80. The molecule has 0 spiro atoms. The Morgan fingerprint density at radius 1 is 1.33 bits per heavy atom. The van der Waals surface area contributed by atoms with Gasteiger partial charge in [0.25, 0.3) is 5.69 Å². The zero-order valence-electron chi connectivity index (χ0n) is 10.9. The highest BCUT2D eigenvalue weighted by Gasteiger charge is 2.16. The molecule has 0 bridgehead atoms. The number of furan rings is 1. The Balaban J connectivity index is 1.96. The van der Waals surface area contributed by atoms with Crippen LogP contribution in [0.15, 0.2) is 47.1 Å². The van der Waals surface area contributed by atoms with E-state index in [-0.39, 0.29) is 12.3 Å². The van der Waals surface area contributed by atoms with Gasteiger partial charge in [-0.15, -0.1) is 0 Å². The summed E-state index contributed by atoms with van der Waals surface area (Å²) in [5.74, 6) is 0.427. The third-order valence-electron chi connectivity index (χ3n) is 2.71. The van der Waals surface area contributed by atoms with Crippen LogP contribution in [0.1, 0.15) is 11.8 Å². The summed E-state index contributed by atoms with van der Waals surface area (Å²) in [6.07, 6.45) is 1.44. The minimum absolute atomic E-state index is 0.0650. The standard InChI is InChI=1S/C13H13N3O5/c17-8-11(12-2-1-7-21-12)15-13(18)14-9-3-5-10(6-4-9)16(19)20/h1-7,11,17H,8H2,(H2,14,15,18). The summed E-state index contributed by atoms with van der Waals surface area (Å²) in [5.41, 5.74) is 0.332. The van der Waals surface area contributed by atoms with Gasteiger partial charge in [0.2, 0.25) is 0 Å². The fraction of sp³-hybridized carbons (Fsp3) is 0.154. The first-order chi connectivity index (χ1) is 10.1. The average molecular weight is 291 g/mol. The molecule has 0 saturated heterocycles. The van der Waals surface area contributed by atoms with Crippen molar-refractivity contribution in [3.05, 3.63) is 58.5 Å². The van der Waals surface area contributed by atoms with Crippen LogP contribution in [-0.4, -0.2) is 22.7 Å². The number of aliphatic hydroxyl groups excluding tert-OH is 1. The zero-order valence-corrected chi connectivity index (χ0v) is 10.9. The predicted octanol–water partition coefficient (Wildman–Crippen LogP) is 2.04. The van der Waals surface area contributed by atoms with Crippen LogP contribution in [0.4, 0.5) is 16.2 Å². The first-order valence-corrected chi connectivity index (χ1v) is 6.06. The Morgan fingerprint density at radius 3 is 2.57 bits per heavy atom. The van der Waals surface area contributed by atoms with Crippen LogP contribution in [-0.2, 0) is 0 Å². The van der Waals surface area contributed by atoms with Gasteiger partial charge < -0.3 is 20.2 Å². The number of benzene rings is 1. The predicted molar refractivity (Wildman–Crippen MR) is 73.8 cm³/mol. The number of carbonyl (C=O) groups is 1. The SMILES string of the molecule is O=C(Nc1ccc([N+](=O)[O-])cc1)NC(CO)c1ccco1. The quantitative estimate of drug-likeness (QED) is 0.575. The molecule has 1 atom stereocenters. The lowest BCUT2D eigenvalue weighted by molar-refractivity contribution is -0.384. The number of nitro groups is 1. The number of non-ortho nitro benzene ring substituents is 1. The Hall–Kier alpha value is -2.87. The van der Waals surface area contributed by atoms with Crippen LogP contribution >= 0.6 is 0 Å². The summed E-state index contributed by atoms with van der Waals surface area (Å²) in [6.45, 7) is -0.318. The van der Waals surface area contributed by atoms with Crippen LogP contribution in [0.25, 0.3) is 0 Å². The fourth-order valence-electron chi connectivity index (χ4n) is 1.69. The molecule has 8 heteroatoms. The lowest BCUT2D eigenvalue weighted by Crippen LogP contribution is -2.34. The molecule has 21 heavy (non-hydrogen) atoms. The number of amides is 2. The number of nitrogens with zero attached hydrogens (tertiary/aromatic N) is 1. The summed E-state index contributed by atoms with van der Waals surface area (Å²) in [5, 5.41) is 24.8. The van der Waals surface area contributed by atoms with Crippen molar-refractivity contribution in [2.45, 2.75) is 6.04 Å². The van der Waals surface area contributed by atoms with Crippen molar-refractivity contribution in [2.24, 2.45) is 0 Å². The number of aliphatic hydroxyl groups is 1. The maximum atomic E-state index is 11.8. The summed E-state index contributed by atoms with van der Waals surface area (Å²) in [4.78, 5) is 21.8. The van der Waals surface area contributed by atoms with Gasteiger partial charge in [0.1, 0.15) is 11.8 Å². The highest BCUT2D eigenvalue weighted by atomic mass is 16.6. The fourth-order valence-corrected chi connectivity index (χ4v) is 1.69. The number of carbonyl (C=O) groups excluding carboxylic acids is 1. The zero-order chi connectivity index (χ0) is 15.2. The molecule has 0 aliphatic heterocycles. The normalized spacial score (nSPS) is 11.7. The van der Waals surface area contributed by atoms with Crippen molar-refractivity contribution in [1.82, 2.24) is 5.32 Å². The minimum atomic E-state index is -0.668. The Kier molecular flexibility index (Phi) is 4.52. The van der Waals surface area contributed by atoms with Gasteiger partial charge in [0.15, 0.2) is 0 Å². The average Bonchev–Trinajstić information content (AvgIpc) is 2.99. The number of urea groups is 1. The molecule has 1 heterocycles. The second-order valence-electron chi connectivity index (χ2n) is 4.15. The number of hydrogen-bond donors (Lipinski definition) is 3. The molecule has 8 nitrogen and oxygen atoms in total. The Labute approximate surface area is 119 Å². The number of anilines is 1. The molecule has 0 fully saturated rings. The van der Waals surface area contributed by atoms with Gasteiger partial charge in [-0.3, -0.25) is 10.1 Å². The van der Waals surface area contributed by atoms with E-state index in [1.54, 1.807) is 12.1 Å². The van der Waals surface area contributed by atoms with Crippen molar-refractivity contribution < 1.29 is 19.2 Å². The van der Waals surface area contributed by atoms with Crippen LogP contribution in [0.3, 0.4) is 0 Å². The van der Waals surface area contributed by atoms with E-state index in [1.807, 2.05) is 0 Å².